The number of hydrogen-bond acceptors (Lipinski definition) is 4. The van der Waals surface area contributed by atoms with E-state index in [9.17, 15) is 4.79 Å². The summed E-state index contributed by atoms with van der Waals surface area (Å²) in [7, 11) is 0. The van der Waals surface area contributed by atoms with Crippen LogP contribution in [0.15, 0.2) is 70.2 Å². The SMILES string of the molecule is C/C(=N\NC(=O)COc1cccc2ccccc12)c1ccc(C#N)cc1Br. The van der Waals surface area contributed by atoms with Crippen molar-refractivity contribution in [2.75, 3.05) is 6.61 Å². The third-order valence-corrected chi connectivity index (χ3v) is 4.60. The first kappa shape index (κ1) is 18.6. The highest BCUT2D eigenvalue weighted by Crippen LogP contribution is 2.25. The van der Waals surface area contributed by atoms with Crippen LogP contribution in [-0.4, -0.2) is 18.2 Å². The Labute approximate surface area is 165 Å². The molecule has 6 heteroatoms. The molecule has 134 valence electrons. The van der Waals surface area contributed by atoms with Gasteiger partial charge in [-0.3, -0.25) is 4.79 Å². The van der Waals surface area contributed by atoms with Gasteiger partial charge in [0, 0.05) is 15.4 Å². The second kappa shape index (κ2) is 8.47. The molecule has 27 heavy (non-hydrogen) atoms. The molecule has 0 radical (unpaired) electrons. The average molecular weight is 422 g/mol. The topological polar surface area (TPSA) is 74.5 Å². The molecule has 0 saturated heterocycles. The van der Waals surface area contributed by atoms with Crippen molar-refractivity contribution in [1.82, 2.24) is 5.43 Å². The number of carbonyl (C=O) groups excluding carboxylic acids is 1. The highest BCUT2D eigenvalue weighted by molar-refractivity contribution is 9.10. The molecule has 0 heterocycles. The number of ether oxygens (including phenoxy) is 1. The second-order valence-electron chi connectivity index (χ2n) is 5.80. The maximum absolute atomic E-state index is 12.1. The molecule has 0 spiro atoms. The number of nitriles is 1. The van der Waals surface area contributed by atoms with Crippen LogP contribution in [0.25, 0.3) is 10.8 Å². The van der Waals surface area contributed by atoms with Crippen molar-refractivity contribution >= 4 is 38.3 Å². The zero-order chi connectivity index (χ0) is 19.2. The number of amides is 1. The molecular formula is C21H16BrN3O2. The van der Waals surface area contributed by atoms with Crippen molar-refractivity contribution in [3.63, 3.8) is 0 Å². The molecule has 0 aliphatic rings. The Morgan fingerprint density at radius 1 is 1.19 bits per heavy atom. The first-order valence-electron chi connectivity index (χ1n) is 8.22. The summed E-state index contributed by atoms with van der Waals surface area (Å²) in [5.74, 6) is 0.297. The Morgan fingerprint density at radius 2 is 1.96 bits per heavy atom. The molecule has 3 aromatic rings. The van der Waals surface area contributed by atoms with Gasteiger partial charge in [-0.25, -0.2) is 5.43 Å². The minimum Gasteiger partial charge on any atom is -0.483 e. The number of nitrogens with one attached hydrogen (secondary N) is 1. The summed E-state index contributed by atoms with van der Waals surface area (Å²) < 4.78 is 6.39. The van der Waals surface area contributed by atoms with Gasteiger partial charge >= 0.3 is 0 Å². The summed E-state index contributed by atoms with van der Waals surface area (Å²) in [5.41, 5.74) is 4.45. The highest BCUT2D eigenvalue weighted by atomic mass is 79.9. The van der Waals surface area contributed by atoms with Gasteiger partial charge in [0.05, 0.1) is 17.3 Å². The van der Waals surface area contributed by atoms with Gasteiger partial charge in [-0.1, -0.05) is 58.4 Å². The van der Waals surface area contributed by atoms with Crippen molar-refractivity contribution in [3.8, 4) is 11.8 Å². The van der Waals surface area contributed by atoms with E-state index < -0.39 is 0 Å². The monoisotopic (exact) mass is 421 g/mol. The van der Waals surface area contributed by atoms with Crippen LogP contribution in [0.2, 0.25) is 0 Å². The van der Waals surface area contributed by atoms with Crippen LogP contribution in [-0.2, 0) is 4.79 Å². The minimum atomic E-state index is -0.355. The molecule has 1 N–H and O–H groups in total. The number of carbonyl (C=O) groups is 1. The predicted octanol–water partition coefficient (Wildman–Crippen LogP) is 4.39. The van der Waals surface area contributed by atoms with E-state index in [0.29, 0.717) is 17.0 Å². The molecule has 1 amide bonds. The summed E-state index contributed by atoms with van der Waals surface area (Å²) in [5, 5.41) is 15.0. The Bertz CT molecular complexity index is 1070. The zero-order valence-electron chi connectivity index (χ0n) is 14.6. The first-order valence-corrected chi connectivity index (χ1v) is 9.01. The number of fused-ring (bicyclic) bond motifs is 1. The predicted molar refractivity (Wildman–Crippen MR) is 109 cm³/mol. The van der Waals surface area contributed by atoms with E-state index in [4.69, 9.17) is 10.00 Å². The van der Waals surface area contributed by atoms with Gasteiger partial charge < -0.3 is 4.74 Å². The van der Waals surface area contributed by atoms with Crippen molar-refractivity contribution < 1.29 is 9.53 Å². The highest BCUT2D eigenvalue weighted by Gasteiger charge is 2.08. The standard InChI is InChI=1S/C21H16BrN3O2/c1-14(17-10-9-15(12-23)11-19(17)22)24-25-21(26)13-27-20-8-4-6-16-5-2-3-7-18(16)20/h2-11H,13H2,1H3,(H,25,26)/b24-14+. The molecule has 0 fully saturated rings. The largest absolute Gasteiger partial charge is 0.483 e. The normalized spacial score (nSPS) is 11.1. The third-order valence-electron chi connectivity index (χ3n) is 3.94. The van der Waals surface area contributed by atoms with Crippen LogP contribution in [0, 0.1) is 11.3 Å². The van der Waals surface area contributed by atoms with Crippen molar-refractivity contribution in [2.45, 2.75) is 6.92 Å². The molecule has 0 unspecified atom stereocenters. The van der Waals surface area contributed by atoms with Gasteiger partial charge in [-0.05, 0) is 30.5 Å². The van der Waals surface area contributed by atoms with Crippen LogP contribution >= 0.6 is 15.9 Å². The minimum absolute atomic E-state index is 0.140. The van der Waals surface area contributed by atoms with Gasteiger partial charge in [0.1, 0.15) is 5.75 Å². The lowest BCUT2D eigenvalue weighted by molar-refractivity contribution is -0.123. The fourth-order valence-corrected chi connectivity index (χ4v) is 3.25. The number of benzene rings is 3. The number of hydrazone groups is 1. The van der Waals surface area contributed by atoms with Gasteiger partial charge in [-0.2, -0.15) is 10.4 Å². The van der Waals surface area contributed by atoms with Crippen LogP contribution in [0.5, 0.6) is 5.75 Å². The zero-order valence-corrected chi connectivity index (χ0v) is 16.2. The molecule has 0 bridgehead atoms. The van der Waals surface area contributed by atoms with E-state index in [2.05, 4.69) is 32.5 Å². The molecule has 0 aliphatic carbocycles. The maximum atomic E-state index is 12.1. The number of rotatable bonds is 5. The molecule has 3 rings (SSSR count). The van der Waals surface area contributed by atoms with Crippen molar-refractivity contribution in [2.24, 2.45) is 5.10 Å². The quantitative estimate of drug-likeness (QED) is 0.490. The number of nitrogens with zero attached hydrogens (tertiary/aromatic N) is 2. The smallest absolute Gasteiger partial charge is 0.277 e. The fourth-order valence-electron chi connectivity index (χ4n) is 2.58. The molecule has 0 atom stereocenters. The van der Waals surface area contributed by atoms with E-state index in [1.165, 1.54) is 0 Å². The molecule has 0 aliphatic heterocycles. The fraction of sp³-hybridized carbons (Fsp3) is 0.0952. The lowest BCUT2D eigenvalue weighted by atomic mass is 10.1. The van der Waals surface area contributed by atoms with Gasteiger partial charge in [-0.15, -0.1) is 0 Å². The summed E-state index contributed by atoms with van der Waals surface area (Å²) in [6.07, 6.45) is 0. The lowest BCUT2D eigenvalue weighted by Crippen LogP contribution is -2.25. The Kier molecular flexibility index (Phi) is 5.84. The van der Waals surface area contributed by atoms with Gasteiger partial charge in [0.25, 0.3) is 5.91 Å². The number of halogens is 1. The van der Waals surface area contributed by atoms with Crippen LogP contribution in [0.3, 0.4) is 0 Å². The van der Waals surface area contributed by atoms with E-state index in [1.807, 2.05) is 42.5 Å². The molecule has 3 aromatic carbocycles. The van der Waals surface area contributed by atoms with E-state index in [-0.39, 0.29) is 12.5 Å². The average Bonchev–Trinajstić information content (AvgIpc) is 2.70. The first-order chi connectivity index (χ1) is 13.1. The van der Waals surface area contributed by atoms with E-state index in [1.54, 1.807) is 25.1 Å². The van der Waals surface area contributed by atoms with Crippen molar-refractivity contribution in [3.05, 3.63) is 76.3 Å². The summed E-state index contributed by atoms with van der Waals surface area (Å²) in [4.78, 5) is 12.1. The summed E-state index contributed by atoms with van der Waals surface area (Å²) in [6.45, 7) is 1.64. The summed E-state index contributed by atoms with van der Waals surface area (Å²) in [6, 6.07) is 20.8. The molecule has 5 nitrogen and oxygen atoms in total. The van der Waals surface area contributed by atoms with Crippen LogP contribution < -0.4 is 10.2 Å². The Balaban J connectivity index is 1.64. The van der Waals surface area contributed by atoms with Crippen LogP contribution in [0.1, 0.15) is 18.1 Å². The third kappa shape index (κ3) is 4.52. The Hall–Kier alpha value is -3.17. The van der Waals surface area contributed by atoms with E-state index >= 15 is 0 Å². The molecule has 0 saturated carbocycles. The van der Waals surface area contributed by atoms with Crippen LogP contribution in [0.4, 0.5) is 0 Å². The maximum Gasteiger partial charge on any atom is 0.277 e. The Morgan fingerprint density at radius 3 is 2.74 bits per heavy atom. The number of hydrogen-bond donors (Lipinski definition) is 1. The lowest BCUT2D eigenvalue weighted by Gasteiger charge is -2.09. The van der Waals surface area contributed by atoms with Gasteiger partial charge in [0.2, 0.25) is 0 Å². The summed E-state index contributed by atoms with van der Waals surface area (Å²) >= 11 is 3.41. The van der Waals surface area contributed by atoms with Gasteiger partial charge in [0.15, 0.2) is 6.61 Å². The second-order valence-corrected chi connectivity index (χ2v) is 6.66. The van der Waals surface area contributed by atoms with Crippen molar-refractivity contribution in [1.29, 1.82) is 5.26 Å². The van der Waals surface area contributed by atoms with E-state index in [0.717, 1.165) is 20.8 Å². The molecule has 0 aromatic heterocycles. The molecular weight excluding hydrogens is 406 g/mol.